The van der Waals surface area contributed by atoms with Gasteiger partial charge in [0.25, 0.3) is 10.0 Å². The second-order valence-corrected chi connectivity index (χ2v) is 10.4. The lowest BCUT2D eigenvalue weighted by Gasteiger charge is -2.27. The van der Waals surface area contributed by atoms with Gasteiger partial charge in [0.1, 0.15) is 0 Å². The van der Waals surface area contributed by atoms with Crippen LogP contribution >= 0.6 is 0 Å². The molecular weight excluding hydrogens is 414 g/mol. The minimum absolute atomic E-state index is 0.148. The molecule has 0 saturated carbocycles. The fourth-order valence-electron chi connectivity index (χ4n) is 3.83. The molecule has 0 radical (unpaired) electrons. The van der Waals surface area contributed by atoms with Gasteiger partial charge in [0, 0.05) is 19.0 Å². The Bertz CT molecular complexity index is 1220. The highest BCUT2D eigenvalue weighted by Crippen LogP contribution is 2.27. The van der Waals surface area contributed by atoms with Crippen molar-refractivity contribution in [3.63, 3.8) is 0 Å². The third-order valence-corrected chi connectivity index (χ3v) is 7.43. The molecule has 8 heteroatoms. The number of anilines is 1. The first-order valence-corrected chi connectivity index (χ1v) is 12.2. The molecule has 0 bridgehead atoms. The lowest BCUT2D eigenvalue weighted by molar-refractivity contribution is -0.0392. The van der Waals surface area contributed by atoms with E-state index in [1.165, 1.54) is 4.31 Å². The number of hydrogen-bond donors (Lipinski definition) is 1. The van der Waals surface area contributed by atoms with E-state index in [-0.39, 0.29) is 16.5 Å². The van der Waals surface area contributed by atoms with E-state index in [0.717, 1.165) is 12.0 Å². The van der Waals surface area contributed by atoms with Crippen LogP contribution in [0, 0.1) is 11.8 Å². The topological polar surface area (TPSA) is 84.4 Å². The first-order chi connectivity index (χ1) is 14.8. The molecule has 3 aromatic rings. The number of rotatable bonds is 8. The van der Waals surface area contributed by atoms with E-state index in [4.69, 9.17) is 4.74 Å². The van der Waals surface area contributed by atoms with Crippen LogP contribution in [0.25, 0.3) is 11.0 Å². The van der Waals surface area contributed by atoms with Crippen LogP contribution in [0.5, 0.6) is 0 Å². The van der Waals surface area contributed by atoms with Crippen molar-refractivity contribution in [1.29, 1.82) is 0 Å². The highest BCUT2D eigenvalue weighted by Gasteiger charge is 2.27. The number of sulfonamides is 1. The van der Waals surface area contributed by atoms with Crippen molar-refractivity contribution < 1.29 is 13.2 Å². The quantitative estimate of drug-likeness (QED) is 0.578. The molecule has 31 heavy (non-hydrogen) atoms. The molecule has 1 aliphatic rings. The molecule has 1 saturated heterocycles. The molecule has 1 N–H and O–H groups in total. The number of benzene rings is 2. The number of fused-ring (bicyclic) bond motifs is 1. The van der Waals surface area contributed by atoms with Crippen molar-refractivity contribution in [1.82, 2.24) is 9.55 Å². The van der Waals surface area contributed by atoms with E-state index in [0.29, 0.717) is 48.9 Å². The number of nitrogens with zero attached hydrogens (tertiary/aromatic N) is 2. The zero-order chi connectivity index (χ0) is 22.2. The van der Waals surface area contributed by atoms with E-state index in [2.05, 4.69) is 11.9 Å². The summed E-state index contributed by atoms with van der Waals surface area (Å²) in [7, 11) is -3.80. The van der Waals surface area contributed by atoms with Gasteiger partial charge in [-0.1, -0.05) is 32.9 Å². The normalized spacial score (nSPS) is 14.8. The molecule has 0 spiro atoms. The van der Waals surface area contributed by atoms with Gasteiger partial charge in [0.2, 0.25) is 0 Å². The Balaban J connectivity index is 1.72. The van der Waals surface area contributed by atoms with Gasteiger partial charge in [-0.3, -0.25) is 8.87 Å². The molecule has 2 heterocycles. The summed E-state index contributed by atoms with van der Waals surface area (Å²) >= 11 is 0. The van der Waals surface area contributed by atoms with Crippen LogP contribution in [0.1, 0.15) is 26.3 Å². The molecule has 1 aromatic heterocycles. The van der Waals surface area contributed by atoms with Gasteiger partial charge in [-0.25, -0.2) is 13.2 Å². The van der Waals surface area contributed by atoms with Crippen LogP contribution in [0.3, 0.4) is 0 Å². The molecule has 0 amide bonds. The Morgan fingerprint density at radius 3 is 2.45 bits per heavy atom. The highest BCUT2D eigenvalue weighted by molar-refractivity contribution is 7.92. The predicted molar refractivity (Wildman–Crippen MR) is 122 cm³/mol. The monoisotopic (exact) mass is 443 g/mol. The van der Waals surface area contributed by atoms with Gasteiger partial charge in [-0.2, -0.15) is 0 Å². The Morgan fingerprint density at radius 1 is 1.16 bits per heavy atom. The van der Waals surface area contributed by atoms with Gasteiger partial charge >= 0.3 is 5.69 Å². The molecule has 1 fully saturated rings. The van der Waals surface area contributed by atoms with Crippen molar-refractivity contribution >= 4 is 26.7 Å². The minimum atomic E-state index is -3.80. The third kappa shape index (κ3) is 4.27. The van der Waals surface area contributed by atoms with Crippen molar-refractivity contribution in [3.8, 4) is 0 Å². The van der Waals surface area contributed by atoms with E-state index >= 15 is 0 Å². The van der Waals surface area contributed by atoms with Crippen molar-refractivity contribution in [2.75, 3.05) is 24.1 Å². The first kappa shape index (κ1) is 21.6. The Labute approximate surface area is 182 Å². The molecule has 0 aliphatic carbocycles. The number of imidazole rings is 1. The van der Waals surface area contributed by atoms with Gasteiger partial charge in [0.15, 0.2) is 0 Å². The molecule has 1 aliphatic heterocycles. The standard InChI is InChI=1S/C23H29N3O4S/c1-4-17-5-7-19(8-6-17)26(12-16(2)3)31(28,29)20-9-10-22-21(11-20)24-23(27)25(22)13-18-14-30-15-18/h5-11,16,18H,4,12-15H2,1-3H3,(H,24,27). The van der Waals surface area contributed by atoms with Crippen molar-refractivity contribution in [3.05, 3.63) is 58.5 Å². The fraction of sp³-hybridized carbons (Fsp3) is 0.435. The van der Waals surface area contributed by atoms with Crippen LogP contribution in [0.2, 0.25) is 0 Å². The lowest BCUT2D eigenvalue weighted by atomic mass is 10.1. The maximum Gasteiger partial charge on any atom is 0.326 e. The average Bonchev–Trinajstić information content (AvgIpc) is 3.03. The predicted octanol–water partition coefficient (Wildman–Crippen LogP) is 3.39. The number of nitrogens with one attached hydrogen (secondary N) is 1. The van der Waals surface area contributed by atoms with Gasteiger partial charge in [-0.05, 0) is 48.2 Å². The van der Waals surface area contributed by atoms with Crippen LogP contribution < -0.4 is 9.99 Å². The first-order valence-electron chi connectivity index (χ1n) is 10.7. The van der Waals surface area contributed by atoms with E-state index < -0.39 is 10.0 Å². The minimum Gasteiger partial charge on any atom is -0.381 e. The Hall–Kier alpha value is -2.58. The van der Waals surface area contributed by atoms with E-state index in [1.807, 2.05) is 38.1 Å². The largest absolute Gasteiger partial charge is 0.381 e. The smallest absolute Gasteiger partial charge is 0.326 e. The van der Waals surface area contributed by atoms with Crippen LogP contribution in [0.15, 0.2) is 52.2 Å². The number of ether oxygens (including phenoxy) is 1. The molecule has 2 aromatic carbocycles. The molecule has 166 valence electrons. The number of hydrogen-bond acceptors (Lipinski definition) is 4. The third-order valence-electron chi connectivity index (χ3n) is 5.64. The summed E-state index contributed by atoms with van der Waals surface area (Å²) < 4.78 is 35.5. The maximum absolute atomic E-state index is 13.6. The number of aromatic nitrogens is 2. The summed E-state index contributed by atoms with van der Waals surface area (Å²) in [6, 6.07) is 12.5. The number of aromatic amines is 1. The van der Waals surface area contributed by atoms with Crippen LogP contribution in [-0.2, 0) is 27.7 Å². The molecule has 4 rings (SSSR count). The van der Waals surface area contributed by atoms with E-state index in [1.54, 1.807) is 22.8 Å². The summed E-state index contributed by atoms with van der Waals surface area (Å²) in [5.41, 5.74) is 2.80. The van der Waals surface area contributed by atoms with Crippen LogP contribution in [0.4, 0.5) is 5.69 Å². The summed E-state index contributed by atoms with van der Waals surface area (Å²) in [4.78, 5) is 15.4. The summed E-state index contributed by atoms with van der Waals surface area (Å²) in [5.74, 6) is 0.461. The summed E-state index contributed by atoms with van der Waals surface area (Å²) in [6.07, 6.45) is 0.894. The van der Waals surface area contributed by atoms with Gasteiger partial charge < -0.3 is 9.72 Å². The van der Waals surface area contributed by atoms with Crippen molar-refractivity contribution in [2.45, 2.75) is 38.6 Å². The SMILES string of the molecule is CCc1ccc(N(CC(C)C)S(=O)(=O)c2ccc3c(c2)[nH]c(=O)n3CC2COC2)cc1. The number of H-pyrrole nitrogens is 1. The molecule has 0 unspecified atom stereocenters. The second-order valence-electron chi connectivity index (χ2n) is 8.57. The zero-order valence-corrected chi connectivity index (χ0v) is 19.0. The van der Waals surface area contributed by atoms with Crippen LogP contribution in [-0.4, -0.2) is 37.7 Å². The zero-order valence-electron chi connectivity index (χ0n) is 18.2. The number of aryl methyl sites for hydroxylation is 1. The summed E-state index contributed by atoms with van der Waals surface area (Å²) in [5, 5.41) is 0. The average molecular weight is 444 g/mol. The molecule has 0 atom stereocenters. The fourth-order valence-corrected chi connectivity index (χ4v) is 5.49. The Kier molecular flexibility index (Phi) is 5.94. The lowest BCUT2D eigenvalue weighted by Crippen LogP contribution is -2.34. The molecule has 7 nitrogen and oxygen atoms in total. The Morgan fingerprint density at radius 2 is 1.87 bits per heavy atom. The molecular formula is C23H29N3O4S. The summed E-state index contributed by atoms with van der Waals surface area (Å²) in [6.45, 7) is 8.28. The van der Waals surface area contributed by atoms with E-state index in [9.17, 15) is 13.2 Å². The van der Waals surface area contributed by atoms with Gasteiger partial charge in [-0.15, -0.1) is 0 Å². The highest BCUT2D eigenvalue weighted by atomic mass is 32.2. The second kappa shape index (κ2) is 8.51. The van der Waals surface area contributed by atoms with Gasteiger partial charge in [0.05, 0.1) is 34.8 Å². The maximum atomic E-state index is 13.6. The van der Waals surface area contributed by atoms with Crippen molar-refractivity contribution in [2.24, 2.45) is 11.8 Å².